The number of amides is 1. The number of carbonyl (C=O) groups is 1. The van der Waals surface area contributed by atoms with Crippen LogP contribution >= 0.6 is 11.3 Å². The maximum atomic E-state index is 12.9. The summed E-state index contributed by atoms with van der Waals surface area (Å²) < 4.78 is 6.06. The first kappa shape index (κ1) is 20.3. The van der Waals surface area contributed by atoms with Crippen LogP contribution in [-0.4, -0.2) is 71.0 Å². The second-order valence-electron chi connectivity index (χ2n) is 8.22. The van der Waals surface area contributed by atoms with Crippen LogP contribution in [0.4, 0.5) is 0 Å². The Morgan fingerprint density at radius 1 is 1.21 bits per heavy atom. The van der Waals surface area contributed by atoms with Crippen molar-refractivity contribution in [2.45, 2.75) is 40.0 Å². The van der Waals surface area contributed by atoms with Crippen molar-refractivity contribution in [1.82, 2.24) is 19.7 Å². The molecule has 2 aliphatic rings. The SMILES string of the molecule is Cc1ccc2c(c1)CN(CC(=O)N1CCN(Cc3csc(C)n3)CC1)CC(C)O2. The van der Waals surface area contributed by atoms with Gasteiger partial charge in [-0.3, -0.25) is 14.6 Å². The van der Waals surface area contributed by atoms with E-state index in [4.69, 9.17) is 4.74 Å². The standard InChI is InChI=1S/C22H30N4O2S/c1-16-4-5-21-19(10-16)12-25(11-17(2)28-21)14-22(27)26-8-6-24(7-9-26)13-20-15-29-18(3)23-20/h4-5,10,15,17H,6-9,11-14H2,1-3H3. The van der Waals surface area contributed by atoms with Crippen LogP contribution in [0.5, 0.6) is 5.75 Å². The Morgan fingerprint density at radius 2 is 2.00 bits per heavy atom. The molecular weight excluding hydrogens is 384 g/mol. The van der Waals surface area contributed by atoms with Crippen LogP contribution in [-0.2, 0) is 17.9 Å². The summed E-state index contributed by atoms with van der Waals surface area (Å²) in [5.41, 5.74) is 3.53. The molecule has 4 rings (SSSR count). The molecule has 0 radical (unpaired) electrons. The number of aryl methyl sites for hydroxylation is 2. The smallest absolute Gasteiger partial charge is 0.236 e. The van der Waals surface area contributed by atoms with Crippen molar-refractivity contribution in [1.29, 1.82) is 0 Å². The van der Waals surface area contributed by atoms with Gasteiger partial charge in [0.05, 0.1) is 17.2 Å². The molecule has 0 N–H and O–H groups in total. The number of thiazole rings is 1. The van der Waals surface area contributed by atoms with Crippen LogP contribution in [0.15, 0.2) is 23.6 Å². The van der Waals surface area contributed by atoms with Crippen molar-refractivity contribution < 1.29 is 9.53 Å². The van der Waals surface area contributed by atoms with Gasteiger partial charge in [-0.15, -0.1) is 11.3 Å². The quantitative estimate of drug-likeness (QED) is 0.770. The largest absolute Gasteiger partial charge is 0.489 e. The number of fused-ring (bicyclic) bond motifs is 1. The number of benzene rings is 1. The van der Waals surface area contributed by atoms with E-state index in [1.807, 2.05) is 11.8 Å². The van der Waals surface area contributed by atoms with Crippen molar-refractivity contribution in [3.63, 3.8) is 0 Å². The van der Waals surface area contributed by atoms with Gasteiger partial charge in [-0.25, -0.2) is 4.98 Å². The van der Waals surface area contributed by atoms with Gasteiger partial charge in [0, 0.05) is 56.8 Å². The second kappa shape index (κ2) is 8.81. The molecule has 0 aliphatic carbocycles. The maximum Gasteiger partial charge on any atom is 0.236 e. The second-order valence-corrected chi connectivity index (χ2v) is 9.29. The van der Waals surface area contributed by atoms with E-state index in [1.54, 1.807) is 11.3 Å². The topological polar surface area (TPSA) is 48.9 Å². The Bertz CT molecular complexity index is 860. The van der Waals surface area contributed by atoms with Crippen molar-refractivity contribution >= 4 is 17.2 Å². The number of piperazine rings is 1. The Hall–Kier alpha value is -1.96. The molecule has 0 spiro atoms. The van der Waals surface area contributed by atoms with E-state index < -0.39 is 0 Å². The lowest BCUT2D eigenvalue weighted by molar-refractivity contribution is -0.134. The predicted molar refractivity (Wildman–Crippen MR) is 115 cm³/mol. The number of carbonyl (C=O) groups excluding carboxylic acids is 1. The summed E-state index contributed by atoms with van der Waals surface area (Å²) in [6.45, 7) is 12.5. The van der Waals surface area contributed by atoms with Gasteiger partial charge in [-0.2, -0.15) is 0 Å². The molecule has 7 heteroatoms. The lowest BCUT2D eigenvalue weighted by Crippen LogP contribution is -2.51. The fourth-order valence-corrected chi connectivity index (χ4v) is 4.75. The molecular formula is C22H30N4O2S. The van der Waals surface area contributed by atoms with E-state index in [-0.39, 0.29) is 12.0 Å². The van der Waals surface area contributed by atoms with Crippen molar-refractivity contribution in [3.05, 3.63) is 45.4 Å². The molecule has 1 aromatic carbocycles. The van der Waals surface area contributed by atoms with E-state index in [1.165, 1.54) is 11.1 Å². The fraction of sp³-hybridized carbons (Fsp3) is 0.545. The summed E-state index contributed by atoms with van der Waals surface area (Å²) >= 11 is 1.70. The summed E-state index contributed by atoms with van der Waals surface area (Å²) in [6, 6.07) is 6.30. The highest BCUT2D eigenvalue weighted by molar-refractivity contribution is 7.09. The highest BCUT2D eigenvalue weighted by Crippen LogP contribution is 2.26. The van der Waals surface area contributed by atoms with Gasteiger partial charge < -0.3 is 9.64 Å². The molecule has 3 heterocycles. The Balaban J connectivity index is 1.31. The van der Waals surface area contributed by atoms with Crippen LogP contribution in [0, 0.1) is 13.8 Å². The number of hydrogen-bond acceptors (Lipinski definition) is 6. The zero-order valence-electron chi connectivity index (χ0n) is 17.6. The molecule has 1 aromatic heterocycles. The molecule has 0 bridgehead atoms. The zero-order chi connectivity index (χ0) is 20.4. The molecule has 1 amide bonds. The van der Waals surface area contributed by atoms with Gasteiger partial charge in [0.15, 0.2) is 0 Å². The van der Waals surface area contributed by atoms with Crippen LogP contribution in [0.2, 0.25) is 0 Å². The van der Waals surface area contributed by atoms with Crippen molar-refractivity contribution in [3.8, 4) is 5.75 Å². The first-order chi connectivity index (χ1) is 14.0. The zero-order valence-corrected chi connectivity index (χ0v) is 18.4. The van der Waals surface area contributed by atoms with Crippen LogP contribution in [0.3, 0.4) is 0 Å². The molecule has 0 saturated carbocycles. The maximum absolute atomic E-state index is 12.9. The Morgan fingerprint density at radius 3 is 2.72 bits per heavy atom. The van der Waals surface area contributed by atoms with Crippen LogP contribution in [0.1, 0.15) is 28.8 Å². The molecule has 156 valence electrons. The molecule has 1 unspecified atom stereocenters. The minimum atomic E-state index is 0.0742. The Labute approximate surface area is 177 Å². The average molecular weight is 415 g/mol. The molecule has 29 heavy (non-hydrogen) atoms. The van der Waals surface area contributed by atoms with E-state index in [0.717, 1.165) is 62.3 Å². The molecule has 1 saturated heterocycles. The van der Waals surface area contributed by atoms with E-state index in [2.05, 4.69) is 52.2 Å². The van der Waals surface area contributed by atoms with Gasteiger partial charge in [0.25, 0.3) is 0 Å². The molecule has 2 aliphatic heterocycles. The van der Waals surface area contributed by atoms with Gasteiger partial charge in [0.2, 0.25) is 5.91 Å². The third-order valence-electron chi connectivity index (χ3n) is 5.59. The summed E-state index contributed by atoms with van der Waals surface area (Å²) in [4.78, 5) is 24.1. The van der Waals surface area contributed by atoms with Crippen LogP contribution in [0.25, 0.3) is 0 Å². The van der Waals surface area contributed by atoms with Crippen molar-refractivity contribution in [2.24, 2.45) is 0 Å². The normalized spacial score (nSPS) is 20.8. The third kappa shape index (κ3) is 5.15. The lowest BCUT2D eigenvalue weighted by atomic mass is 10.1. The molecule has 2 aromatic rings. The highest BCUT2D eigenvalue weighted by Gasteiger charge is 2.26. The molecule has 6 nitrogen and oxygen atoms in total. The first-order valence-corrected chi connectivity index (χ1v) is 11.2. The average Bonchev–Trinajstić information content (AvgIpc) is 3.01. The first-order valence-electron chi connectivity index (χ1n) is 10.4. The molecule has 1 fully saturated rings. The Kier molecular flexibility index (Phi) is 6.18. The molecule has 1 atom stereocenters. The van der Waals surface area contributed by atoms with E-state index in [9.17, 15) is 4.79 Å². The van der Waals surface area contributed by atoms with E-state index >= 15 is 0 Å². The number of hydrogen-bond donors (Lipinski definition) is 0. The third-order valence-corrected chi connectivity index (χ3v) is 6.41. The summed E-state index contributed by atoms with van der Waals surface area (Å²) in [5.74, 6) is 1.17. The number of aromatic nitrogens is 1. The van der Waals surface area contributed by atoms with Gasteiger partial charge in [-0.05, 0) is 26.8 Å². The van der Waals surface area contributed by atoms with Crippen LogP contribution < -0.4 is 4.74 Å². The number of rotatable bonds is 4. The summed E-state index contributed by atoms with van der Waals surface area (Å²) in [6.07, 6.45) is 0.0742. The monoisotopic (exact) mass is 414 g/mol. The minimum Gasteiger partial charge on any atom is -0.489 e. The number of nitrogens with zero attached hydrogens (tertiary/aromatic N) is 4. The van der Waals surface area contributed by atoms with Crippen molar-refractivity contribution in [2.75, 3.05) is 39.3 Å². The predicted octanol–water partition coefficient (Wildman–Crippen LogP) is 2.69. The lowest BCUT2D eigenvalue weighted by Gasteiger charge is -2.35. The minimum absolute atomic E-state index is 0.0742. The van der Waals surface area contributed by atoms with Gasteiger partial charge >= 0.3 is 0 Å². The summed E-state index contributed by atoms with van der Waals surface area (Å²) in [5, 5.41) is 3.25. The fourth-order valence-electron chi connectivity index (χ4n) is 4.15. The highest BCUT2D eigenvalue weighted by atomic mass is 32.1. The van der Waals surface area contributed by atoms with E-state index in [0.29, 0.717) is 6.54 Å². The number of ether oxygens (including phenoxy) is 1. The summed E-state index contributed by atoms with van der Waals surface area (Å²) in [7, 11) is 0. The van der Waals surface area contributed by atoms with Gasteiger partial charge in [-0.1, -0.05) is 17.7 Å². The van der Waals surface area contributed by atoms with Gasteiger partial charge in [0.1, 0.15) is 11.9 Å².